The highest BCUT2D eigenvalue weighted by Gasteiger charge is 2.15. The number of nitrogens with zero attached hydrogens (tertiary/aromatic N) is 1. The van der Waals surface area contributed by atoms with Gasteiger partial charge in [-0.3, -0.25) is 4.90 Å². The third-order valence-electron chi connectivity index (χ3n) is 3.86. The third kappa shape index (κ3) is 5.84. The second-order valence-corrected chi connectivity index (χ2v) is 6.13. The monoisotopic (exact) mass is 359 g/mol. The van der Waals surface area contributed by atoms with Gasteiger partial charge in [-0.2, -0.15) is 0 Å². The van der Waals surface area contributed by atoms with Crippen LogP contribution in [0.3, 0.4) is 0 Å². The van der Waals surface area contributed by atoms with Crippen molar-refractivity contribution < 1.29 is 23.1 Å². The Hall–Kier alpha value is -2.41. The van der Waals surface area contributed by atoms with Gasteiger partial charge in [-0.05, 0) is 42.0 Å². The van der Waals surface area contributed by atoms with Gasteiger partial charge < -0.3 is 18.7 Å². The van der Waals surface area contributed by atoms with Gasteiger partial charge in [-0.15, -0.1) is 0 Å². The van der Waals surface area contributed by atoms with Crippen LogP contribution >= 0.6 is 0 Å². The Balaban J connectivity index is 1.55. The Labute approximate surface area is 151 Å². The van der Waals surface area contributed by atoms with E-state index in [9.17, 15) is 9.50 Å². The number of hydrogen-bond donors (Lipinski definition) is 1. The maximum Gasteiger partial charge on any atom is 0.129 e. The topological polar surface area (TPSA) is 59.0 Å². The first-order valence-electron chi connectivity index (χ1n) is 8.46. The quantitative estimate of drug-likeness (QED) is 0.599. The number of aliphatic hydroxyl groups is 1. The van der Waals surface area contributed by atoms with E-state index in [4.69, 9.17) is 13.6 Å². The van der Waals surface area contributed by atoms with Crippen molar-refractivity contribution in [2.24, 2.45) is 0 Å². The molecule has 0 bridgehead atoms. The minimum Gasteiger partial charge on any atom is -0.468 e. The largest absolute Gasteiger partial charge is 0.468 e. The van der Waals surface area contributed by atoms with Gasteiger partial charge in [0.15, 0.2) is 0 Å². The molecule has 0 saturated carbocycles. The Morgan fingerprint density at radius 1 is 1.00 bits per heavy atom. The maximum absolute atomic E-state index is 13.4. The summed E-state index contributed by atoms with van der Waals surface area (Å²) in [4.78, 5) is 1.99. The molecule has 26 heavy (non-hydrogen) atoms. The fraction of sp³-hybridized carbons (Fsp3) is 0.300. The van der Waals surface area contributed by atoms with Crippen molar-refractivity contribution in [2.75, 3.05) is 13.2 Å². The second-order valence-electron chi connectivity index (χ2n) is 6.13. The van der Waals surface area contributed by atoms with E-state index in [-0.39, 0.29) is 12.4 Å². The zero-order valence-corrected chi connectivity index (χ0v) is 14.4. The Morgan fingerprint density at radius 2 is 1.77 bits per heavy atom. The second kappa shape index (κ2) is 9.33. The minimum absolute atomic E-state index is 0.179. The van der Waals surface area contributed by atoms with E-state index in [0.29, 0.717) is 32.0 Å². The highest BCUT2D eigenvalue weighted by molar-refractivity contribution is 5.16. The van der Waals surface area contributed by atoms with Crippen LogP contribution in [0.4, 0.5) is 4.39 Å². The lowest BCUT2D eigenvalue weighted by Crippen LogP contribution is -2.34. The van der Waals surface area contributed by atoms with Gasteiger partial charge in [-0.25, -0.2) is 4.39 Å². The molecule has 0 aliphatic rings. The van der Waals surface area contributed by atoms with E-state index in [2.05, 4.69) is 0 Å². The van der Waals surface area contributed by atoms with E-state index >= 15 is 0 Å². The zero-order valence-electron chi connectivity index (χ0n) is 14.4. The summed E-state index contributed by atoms with van der Waals surface area (Å²) in [5.74, 6) is 1.22. The van der Waals surface area contributed by atoms with Gasteiger partial charge >= 0.3 is 0 Å². The van der Waals surface area contributed by atoms with Crippen LogP contribution in [0.25, 0.3) is 0 Å². The van der Waals surface area contributed by atoms with Gasteiger partial charge in [-0.1, -0.05) is 12.1 Å². The summed E-state index contributed by atoms with van der Waals surface area (Å²) < 4.78 is 29.5. The summed E-state index contributed by atoms with van der Waals surface area (Å²) in [7, 11) is 0. The molecule has 1 unspecified atom stereocenters. The van der Waals surface area contributed by atoms with Crippen LogP contribution in [0, 0.1) is 5.82 Å². The molecule has 1 N–H and O–H groups in total. The third-order valence-corrected chi connectivity index (χ3v) is 3.86. The van der Waals surface area contributed by atoms with Gasteiger partial charge in [0.2, 0.25) is 0 Å². The lowest BCUT2D eigenvalue weighted by Gasteiger charge is -2.24. The fourth-order valence-electron chi connectivity index (χ4n) is 2.74. The van der Waals surface area contributed by atoms with Crippen LogP contribution in [0.1, 0.15) is 17.1 Å². The average molecular weight is 359 g/mol. The molecule has 0 amide bonds. The summed E-state index contributed by atoms with van der Waals surface area (Å²) in [6.45, 7) is 1.87. The van der Waals surface area contributed by atoms with Crippen molar-refractivity contribution in [3.8, 4) is 0 Å². The molecule has 138 valence electrons. The molecule has 3 rings (SSSR count). The summed E-state index contributed by atoms with van der Waals surface area (Å²) in [6.07, 6.45) is 2.51. The van der Waals surface area contributed by atoms with Crippen LogP contribution < -0.4 is 0 Å². The van der Waals surface area contributed by atoms with Gasteiger partial charge in [0.25, 0.3) is 0 Å². The van der Waals surface area contributed by atoms with Crippen LogP contribution in [-0.2, 0) is 24.4 Å². The summed E-state index contributed by atoms with van der Waals surface area (Å²) in [5.41, 5.74) is 0.834. The normalized spacial score (nSPS) is 12.6. The molecular formula is C20H22FNO4. The predicted molar refractivity (Wildman–Crippen MR) is 93.6 cm³/mol. The first-order chi connectivity index (χ1) is 12.7. The lowest BCUT2D eigenvalue weighted by molar-refractivity contribution is 0.00162. The SMILES string of the molecule is OC(COCc1ccco1)CN(Cc1cccc(F)c1)Cc1ccco1. The number of rotatable bonds is 10. The smallest absolute Gasteiger partial charge is 0.129 e. The molecule has 2 heterocycles. The van der Waals surface area contributed by atoms with Crippen LogP contribution in [0.15, 0.2) is 69.9 Å². The molecule has 6 heteroatoms. The van der Waals surface area contributed by atoms with Gasteiger partial charge in [0.05, 0.1) is 31.8 Å². The molecule has 5 nitrogen and oxygen atoms in total. The number of halogens is 1. The first kappa shape index (κ1) is 18.4. The van der Waals surface area contributed by atoms with Crippen molar-refractivity contribution in [2.45, 2.75) is 25.8 Å². The number of hydrogen-bond acceptors (Lipinski definition) is 5. The van der Waals surface area contributed by atoms with E-state index in [1.807, 2.05) is 29.2 Å². The molecule has 3 aromatic rings. The molecule has 2 aromatic heterocycles. The van der Waals surface area contributed by atoms with Gasteiger partial charge in [0, 0.05) is 13.1 Å². The van der Waals surface area contributed by atoms with Crippen molar-refractivity contribution >= 4 is 0 Å². The maximum atomic E-state index is 13.4. The number of furan rings is 2. The first-order valence-corrected chi connectivity index (χ1v) is 8.46. The number of benzene rings is 1. The minimum atomic E-state index is -0.687. The number of aliphatic hydroxyl groups excluding tert-OH is 1. The molecule has 1 aromatic carbocycles. The molecule has 0 aliphatic carbocycles. The highest BCUT2D eigenvalue weighted by Crippen LogP contribution is 2.13. The summed E-state index contributed by atoms with van der Waals surface area (Å²) in [5, 5.41) is 10.3. The van der Waals surface area contributed by atoms with Crippen LogP contribution in [0.2, 0.25) is 0 Å². The van der Waals surface area contributed by atoms with Crippen LogP contribution in [-0.4, -0.2) is 29.3 Å². The molecule has 1 atom stereocenters. The summed E-state index contributed by atoms with van der Waals surface area (Å²) in [6, 6.07) is 13.7. The van der Waals surface area contributed by atoms with E-state index in [0.717, 1.165) is 11.3 Å². The summed E-state index contributed by atoms with van der Waals surface area (Å²) >= 11 is 0. The number of ether oxygens (including phenoxy) is 1. The molecular weight excluding hydrogens is 337 g/mol. The molecule has 0 fully saturated rings. The zero-order chi connectivity index (χ0) is 18.2. The molecule has 0 radical (unpaired) electrons. The van der Waals surface area contributed by atoms with Crippen molar-refractivity contribution in [1.82, 2.24) is 4.90 Å². The lowest BCUT2D eigenvalue weighted by atomic mass is 10.2. The van der Waals surface area contributed by atoms with E-state index in [1.54, 1.807) is 24.7 Å². The Morgan fingerprint density at radius 3 is 2.46 bits per heavy atom. The van der Waals surface area contributed by atoms with E-state index < -0.39 is 6.10 Å². The molecule has 0 saturated heterocycles. The highest BCUT2D eigenvalue weighted by atomic mass is 19.1. The standard InChI is InChI=1S/C20H22FNO4/c21-17-5-1-4-16(10-17)11-22(13-19-6-2-8-25-19)12-18(23)14-24-15-20-7-3-9-26-20/h1-10,18,23H,11-15H2. The average Bonchev–Trinajstić information content (AvgIpc) is 3.28. The van der Waals surface area contributed by atoms with Crippen molar-refractivity contribution in [1.29, 1.82) is 0 Å². The van der Waals surface area contributed by atoms with Crippen molar-refractivity contribution in [3.05, 3.63) is 84.0 Å². The van der Waals surface area contributed by atoms with Gasteiger partial charge in [0.1, 0.15) is 23.9 Å². The fourth-order valence-corrected chi connectivity index (χ4v) is 2.74. The Kier molecular flexibility index (Phi) is 6.60. The van der Waals surface area contributed by atoms with E-state index in [1.165, 1.54) is 12.1 Å². The Bertz CT molecular complexity index is 758. The predicted octanol–water partition coefficient (Wildman–Crippen LogP) is 3.59. The van der Waals surface area contributed by atoms with Crippen molar-refractivity contribution in [3.63, 3.8) is 0 Å². The molecule has 0 spiro atoms. The molecule has 0 aliphatic heterocycles. The van der Waals surface area contributed by atoms with Crippen LogP contribution in [0.5, 0.6) is 0 Å².